The highest BCUT2D eigenvalue weighted by atomic mass is 19.1. The van der Waals surface area contributed by atoms with Crippen LogP contribution >= 0.6 is 0 Å². The Kier molecular flexibility index (Phi) is 3.79. The SMILES string of the molecule is CN(Cc1ccc(F)cc1)C1(CN)CCCC1. The Morgan fingerprint density at radius 2 is 1.82 bits per heavy atom. The van der Waals surface area contributed by atoms with Crippen LogP contribution in [0, 0.1) is 5.82 Å². The molecule has 1 aromatic rings. The van der Waals surface area contributed by atoms with E-state index in [1.807, 2.05) is 12.1 Å². The Balaban J connectivity index is 2.05. The van der Waals surface area contributed by atoms with Crippen molar-refractivity contribution < 1.29 is 4.39 Å². The molecule has 1 aromatic carbocycles. The third-order valence-corrected chi connectivity index (χ3v) is 4.06. The Bertz CT molecular complexity index is 355. The lowest BCUT2D eigenvalue weighted by Crippen LogP contribution is -2.49. The van der Waals surface area contributed by atoms with Crippen molar-refractivity contribution in [3.05, 3.63) is 35.6 Å². The molecule has 94 valence electrons. The Morgan fingerprint density at radius 1 is 1.24 bits per heavy atom. The maximum atomic E-state index is 12.8. The van der Waals surface area contributed by atoms with E-state index in [0.717, 1.165) is 12.1 Å². The summed E-state index contributed by atoms with van der Waals surface area (Å²) in [6.07, 6.45) is 4.90. The van der Waals surface area contributed by atoms with Crippen LogP contribution in [0.5, 0.6) is 0 Å². The molecule has 0 bridgehead atoms. The van der Waals surface area contributed by atoms with Gasteiger partial charge in [0.1, 0.15) is 5.82 Å². The van der Waals surface area contributed by atoms with E-state index in [1.165, 1.54) is 37.8 Å². The lowest BCUT2D eigenvalue weighted by molar-refractivity contribution is 0.124. The molecule has 1 aliphatic rings. The number of halogens is 1. The maximum absolute atomic E-state index is 12.8. The highest BCUT2D eigenvalue weighted by Gasteiger charge is 2.36. The minimum absolute atomic E-state index is 0.161. The van der Waals surface area contributed by atoms with Gasteiger partial charge in [0.2, 0.25) is 0 Å². The molecule has 0 atom stereocenters. The van der Waals surface area contributed by atoms with Crippen LogP contribution in [-0.2, 0) is 6.54 Å². The van der Waals surface area contributed by atoms with E-state index in [2.05, 4.69) is 11.9 Å². The van der Waals surface area contributed by atoms with Gasteiger partial charge in [-0.05, 0) is 37.6 Å². The number of hydrogen-bond acceptors (Lipinski definition) is 2. The number of nitrogens with zero attached hydrogens (tertiary/aromatic N) is 1. The van der Waals surface area contributed by atoms with E-state index >= 15 is 0 Å². The lowest BCUT2D eigenvalue weighted by Gasteiger charge is -2.38. The van der Waals surface area contributed by atoms with Crippen molar-refractivity contribution in [1.82, 2.24) is 4.90 Å². The highest BCUT2D eigenvalue weighted by Crippen LogP contribution is 2.34. The molecule has 2 N–H and O–H groups in total. The van der Waals surface area contributed by atoms with Gasteiger partial charge in [0.25, 0.3) is 0 Å². The number of rotatable bonds is 4. The van der Waals surface area contributed by atoms with Crippen LogP contribution in [-0.4, -0.2) is 24.0 Å². The van der Waals surface area contributed by atoms with Gasteiger partial charge in [0.05, 0.1) is 0 Å². The van der Waals surface area contributed by atoms with Crippen LogP contribution in [0.3, 0.4) is 0 Å². The number of likely N-dealkylation sites (N-methyl/N-ethyl adjacent to an activating group) is 1. The molecule has 0 amide bonds. The smallest absolute Gasteiger partial charge is 0.123 e. The van der Waals surface area contributed by atoms with Gasteiger partial charge < -0.3 is 5.73 Å². The third-order valence-electron chi connectivity index (χ3n) is 4.06. The summed E-state index contributed by atoms with van der Waals surface area (Å²) in [6.45, 7) is 1.56. The van der Waals surface area contributed by atoms with Gasteiger partial charge in [-0.1, -0.05) is 25.0 Å². The van der Waals surface area contributed by atoms with Crippen molar-refractivity contribution in [2.24, 2.45) is 5.73 Å². The van der Waals surface area contributed by atoms with Gasteiger partial charge in [-0.2, -0.15) is 0 Å². The molecule has 0 radical (unpaired) electrons. The quantitative estimate of drug-likeness (QED) is 0.870. The van der Waals surface area contributed by atoms with E-state index in [0.29, 0.717) is 6.54 Å². The molecule has 3 heteroatoms. The molecule has 2 nitrogen and oxygen atoms in total. The van der Waals surface area contributed by atoms with Crippen molar-refractivity contribution in [2.75, 3.05) is 13.6 Å². The second kappa shape index (κ2) is 5.15. The van der Waals surface area contributed by atoms with Crippen molar-refractivity contribution in [2.45, 2.75) is 37.8 Å². The minimum atomic E-state index is -0.175. The van der Waals surface area contributed by atoms with Gasteiger partial charge in [0.15, 0.2) is 0 Å². The van der Waals surface area contributed by atoms with Crippen LogP contribution in [0.2, 0.25) is 0 Å². The first-order chi connectivity index (χ1) is 8.16. The second-order valence-electron chi connectivity index (χ2n) is 5.12. The number of hydrogen-bond donors (Lipinski definition) is 1. The van der Waals surface area contributed by atoms with Crippen LogP contribution < -0.4 is 5.73 Å². The fraction of sp³-hybridized carbons (Fsp3) is 0.571. The first kappa shape index (κ1) is 12.5. The zero-order valence-electron chi connectivity index (χ0n) is 10.5. The molecule has 0 spiro atoms. The van der Waals surface area contributed by atoms with Gasteiger partial charge in [-0.25, -0.2) is 4.39 Å². The van der Waals surface area contributed by atoms with E-state index in [-0.39, 0.29) is 11.4 Å². The van der Waals surface area contributed by atoms with E-state index in [1.54, 1.807) is 0 Å². The second-order valence-corrected chi connectivity index (χ2v) is 5.12. The lowest BCUT2D eigenvalue weighted by atomic mass is 9.95. The zero-order chi connectivity index (χ0) is 12.3. The summed E-state index contributed by atoms with van der Waals surface area (Å²) in [5, 5.41) is 0. The molecule has 1 saturated carbocycles. The molecule has 0 saturated heterocycles. The molecular formula is C14H21FN2. The molecule has 0 heterocycles. The largest absolute Gasteiger partial charge is 0.329 e. The summed E-state index contributed by atoms with van der Waals surface area (Å²) in [6, 6.07) is 6.75. The normalized spacial score (nSPS) is 18.8. The van der Waals surface area contributed by atoms with Crippen LogP contribution in [0.1, 0.15) is 31.2 Å². The Labute approximate surface area is 103 Å². The Morgan fingerprint density at radius 3 is 2.35 bits per heavy atom. The standard InChI is InChI=1S/C14H21FN2/c1-17(14(11-16)8-2-3-9-14)10-12-4-6-13(15)7-5-12/h4-7H,2-3,8-11,16H2,1H3. The third kappa shape index (κ3) is 2.67. The number of benzene rings is 1. The monoisotopic (exact) mass is 236 g/mol. The summed E-state index contributed by atoms with van der Waals surface area (Å²) < 4.78 is 12.8. The van der Waals surface area contributed by atoms with Gasteiger partial charge >= 0.3 is 0 Å². The zero-order valence-corrected chi connectivity index (χ0v) is 10.5. The van der Waals surface area contributed by atoms with Crippen LogP contribution in [0.4, 0.5) is 4.39 Å². The molecular weight excluding hydrogens is 215 g/mol. The summed E-state index contributed by atoms with van der Waals surface area (Å²) in [5.41, 5.74) is 7.25. The van der Waals surface area contributed by atoms with E-state index in [4.69, 9.17) is 5.73 Å². The molecule has 0 aromatic heterocycles. The first-order valence-corrected chi connectivity index (χ1v) is 6.32. The summed E-state index contributed by atoms with van der Waals surface area (Å²) in [4.78, 5) is 2.34. The molecule has 0 unspecified atom stereocenters. The Hall–Kier alpha value is -0.930. The van der Waals surface area contributed by atoms with Gasteiger partial charge in [-0.15, -0.1) is 0 Å². The van der Waals surface area contributed by atoms with Crippen molar-refractivity contribution in [3.63, 3.8) is 0 Å². The van der Waals surface area contributed by atoms with Crippen molar-refractivity contribution in [1.29, 1.82) is 0 Å². The minimum Gasteiger partial charge on any atom is -0.329 e. The summed E-state index contributed by atoms with van der Waals surface area (Å²) in [5.74, 6) is -0.175. The summed E-state index contributed by atoms with van der Waals surface area (Å²) >= 11 is 0. The van der Waals surface area contributed by atoms with Gasteiger partial charge in [0, 0.05) is 18.6 Å². The average Bonchev–Trinajstić information content (AvgIpc) is 2.82. The van der Waals surface area contributed by atoms with Gasteiger partial charge in [-0.3, -0.25) is 4.90 Å². The van der Waals surface area contributed by atoms with Crippen molar-refractivity contribution >= 4 is 0 Å². The van der Waals surface area contributed by atoms with Crippen LogP contribution in [0.25, 0.3) is 0 Å². The predicted molar refractivity (Wildman–Crippen MR) is 68.1 cm³/mol. The average molecular weight is 236 g/mol. The maximum Gasteiger partial charge on any atom is 0.123 e. The molecule has 1 fully saturated rings. The van der Waals surface area contributed by atoms with E-state index < -0.39 is 0 Å². The fourth-order valence-electron chi connectivity index (χ4n) is 2.81. The molecule has 0 aliphatic heterocycles. The van der Waals surface area contributed by atoms with Crippen LogP contribution in [0.15, 0.2) is 24.3 Å². The topological polar surface area (TPSA) is 29.3 Å². The predicted octanol–water partition coefficient (Wildman–Crippen LogP) is 2.53. The highest BCUT2D eigenvalue weighted by molar-refractivity contribution is 5.16. The molecule has 1 aliphatic carbocycles. The first-order valence-electron chi connectivity index (χ1n) is 6.32. The van der Waals surface area contributed by atoms with E-state index in [9.17, 15) is 4.39 Å². The number of nitrogens with two attached hydrogens (primary N) is 1. The van der Waals surface area contributed by atoms with Crippen molar-refractivity contribution in [3.8, 4) is 0 Å². The molecule has 17 heavy (non-hydrogen) atoms. The fourth-order valence-corrected chi connectivity index (χ4v) is 2.81. The molecule has 2 rings (SSSR count). The summed E-state index contributed by atoms with van der Waals surface area (Å²) in [7, 11) is 2.13.